The van der Waals surface area contributed by atoms with Crippen LogP contribution in [-0.4, -0.2) is 22.7 Å². The van der Waals surface area contributed by atoms with Crippen LogP contribution in [0.25, 0.3) is 0 Å². The van der Waals surface area contributed by atoms with Gasteiger partial charge in [0, 0.05) is 24.1 Å². The molecule has 0 aliphatic heterocycles. The predicted molar refractivity (Wildman–Crippen MR) is 75.8 cm³/mol. The molecule has 1 aliphatic carbocycles. The molecule has 0 aromatic carbocycles. The predicted octanol–water partition coefficient (Wildman–Crippen LogP) is 2.87. The molecular weight excluding hydrogens is 244 g/mol. The Labute approximate surface area is 114 Å². The molecule has 0 spiro atoms. The van der Waals surface area contributed by atoms with Crippen LogP contribution in [0.1, 0.15) is 49.1 Å². The van der Waals surface area contributed by atoms with Crippen LogP contribution in [0.2, 0.25) is 0 Å². The van der Waals surface area contributed by atoms with Crippen molar-refractivity contribution in [1.82, 2.24) is 10.3 Å². The summed E-state index contributed by atoms with van der Waals surface area (Å²) < 4.78 is 0. The number of aliphatic hydroxyl groups is 1. The van der Waals surface area contributed by atoms with Crippen LogP contribution in [0, 0.1) is 12.8 Å². The van der Waals surface area contributed by atoms with E-state index in [0.29, 0.717) is 6.04 Å². The first-order valence-electron chi connectivity index (χ1n) is 7.04. The van der Waals surface area contributed by atoms with E-state index in [0.717, 1.165) is 24.6 Å². The molecule has 0 bridgehead atoms. The number of aromatic nitrogens is 1. The summed E-state index contributed by atoms with van der Waals surface area (Å²) >= 11 is 1.72. The molecule has 4 heteroatoms. The minimum Gasteiger partial charge on any atom is -0.396 e. The fourth-order valence-corrected chi connectivity index (χ4v) is 3.63. The van der Waals surface area contributed by atoms with Gasteiger partial charge in [0.1, 0.15) is 0 Å². The first-order valence-corrected chi connectivity index (χ1v) is 7.92. The Morgan fingerprint density at radius 3 is 2.83 bits per heavy atom. The van der Waals surface area contributed by atoms with E-state index < -0.39 is 0 Å². The van der Waals surface area contributed by atoms with Crippen molar-refractivity contribution in [3.8, 4) is 0 Å². The quantitative estimate of drug-likeness (QED) is 0.834. The normalized spacial score (nSPS) is 19.0. The second kappa shape index (κ2) is 7.22. The van der Waals surface area contributed by atoms with Gasteiger partial charge < -0.3 is 10.4 Å². The van der Waals surface area contributed by atoms with Gasteiger partial charge >= 0.3 is 0 Å². The van der Waals surface area contributed by atoms with Crippen molar-refractivity contribution in [2.24, 2.45) is 5.92 Å². The molecule has 1 saturated carbocycles. The molecular formula is C14H24N2OS. The van der Waals surface area contributed by atoms with Gasteiger partial charge in [0.15, 0.2) is 0 Å². The van der Waals surface area contributed by atoms with Crippen molar-refractivity contribution in [2.75, 3.05) is 6.61 Å². The van der Waals surface area contributed by atoms with Gasteiger partial charge in [0.05, 0.1) is 11.2 Å². The molecule has 0 saturated heterocycles. The third-order valence-electron chi connectivity index (χ3n) is 4.03. The van der Waals surface area contributed by atoms with Gasteiger partial charge in [-0.05, 0) is 32.1 Å². The number of nitrogens with one attached hydrogen (secondary N) is 1. The summed E-state index contributed by atoms with van der Waals surface area (Å²) in [6.07, 6.45) is 7.61. The molecule has 3 nitrogen and oxygen atoms in total. The third kappa shape index (κ3) is 3.77. The molecule has 1 fully saturated rings. The fraction of sp³-hybridized carbons (Fsp3) is 0.786. The van der Waals surface area contributed by atoms with Crippen molar-refractivity contribution in [2.45, 2.75) is 58.0 Å². The van der Waals surface area contributed by atoms with Crippen LogP contribution in [0.5, 0.6) is 0 Å². The minimum atomic E-state index is 0.288. The summed E-state index contributed by atoms with van der Waals surface area (Å²) in [5, 5.41) is 12.9. The lowest BCUT2D eigenvalue weighted by molar-refractivity contribution is 0.206. The van der Waals surface area contributed by atoms with Gasteiger partial charge in [0.25, 0.3) is 0 Å². The van der Waals surface area contributed by atoms with E-state index in [1.165, 1.54) is 37.0 Å². The van der Waals surface area contributed by atoms with Crippen LogP contribution in [0.15, 0.2) is 5.51 Å². The Kier molecular flexibility index (Phi) is 5.60. The second-order valence-corrected chi connectivity index (χ2v) is 6.20. The van der Waals surface area contributed by atoms with Crippen molar-refractivity contribution < 1.29 is 5.11 Å². The summed E-state index contributed by atoms with van der Waals surface area (Å²) in [7, 11) is 0. The lowest BCUT2D eigenvalue weighted by Crippen LogP contribution is -2.37. The van der Waals surface area contributed by atoms with E-state index in [9.17, 15) is 5.11 Å². The van der Waals surface area contributed by atoms with E-state index in [-0.39, 0.29) is 6.61 Å². The number of aliphatic hydroxyl groups excluding tert-OH is 1. The van der Waals surface area contributed by atoms with E-state index in [1.807, 2.05) is 5.51 Å². The summed E-state index contributed by atoms with van der Waals surface area (Å²) in [4.78, 5) is 5.61. The molecule has 2 rings (SSSR count). The zero-order valence-corrected chi connectivity index (χ0v) is 12.0. The van der Waals surface area contributed by atoms with Gasteiger partial charge in [-0.3, -0.25) is 0 Å². The van der Waals surface area contributed by atoms with Gasteiger partial charge in [-0.2, -0.15) is 0 Å². The summed E-state index contributed by atoms with van der Waals surface area (Å²) in [6.45, 7) is 3.25. The number of nitrogens with zero attached hydrogens (tertiary/aromatic N) is 1. The molecule has 1 atom stereocenters. The summed E-state index contributed by atoms with van der Waals surface area (Å²) in [5.41, 5.74) is 3.05. The maximum atomic E-state index is 9.23. The smallest absolute Gasteiger partial charge is 0.0798 e. The van der Waals surface area contributed by atoms with E-state index in [1.54, 1.807) is 11.3 Å². The maximum absolute atomic E-state index is 9.23. The van der Waals surface area contributed by atoms with Gasteiger partial charge in [-0.15, -0.1) is 11.3 Å². The third-order valence-corrected chi connectivity index (χ3v) is 4.96. The average molecular weight is 268 g/mol. The Morgan fingerprint density at radius 2 is 2.22 bits per heavy atom. The highest BCUT2D eigenvalue weighted by atomic mass is 32.1. The SMILES string of the molecule is Cc1ncsc1CN[C@H](CCO)C1CCCCC1. The van der Waals surface area contributed by atoms with Crippen LogP contribution < -0.4 is 5.32 Å². The molecule has 0 radical (unpaired) electrons. The lowest BCUT2D eigenvalue weighted by atomic mass is 9.83. The number of thiazole rings is 1. The van der Waals surface area contributed by atoms with E-state index in [4.69, 9.17) is 0 Å². The molecule has 102 valence electrons. The number of rotatable bonds is 6. The Balaban J connectivity index is 1.87. The molecule has 0 amide bonds. The molecule has 2 N–H and O–H groups in total. The highest BCUT2D eigenvalue weighted by Crippen LogP contribution is 2.28. The minimum absolute atomic E-state index is 0.288. The molecule has 1 heterocycles. The van der Waals surface area contributed by atoms with E-state index in [2.05, 4.69) is 17.2 Å². The van der Waals surface area contributed by atoms with Crippen LogP contribution in [0.4, 0.5) is 0 Å². The largest absolute Gasteiger partial charge is 0.396 e. The summed E-state index contributed by atoms with van der Waals surface area (Å²) in [5.74, 6) is 0.749. The molecule has 0 unspecified atom stereocenters. The van der Waals surface area contributed by atoms with Gasteiger partial charge in [-0.25, -0.2) is 4.98 Å². The van der Waals surface area contributed by atoms with Gasteiger partial charge in [0.2, 0.25) is 0 Å². The van der Waals surface area contributed by atoms with E-state index >= 15 is 0 Å². The lowest BCUT2D eigenvalue weighted by Gasteiger charge is -2.30. The molecule has 1 aromatic heterocycles. The summed E-state index contributed by atoms with van der Waals surface area (Å²) in [6, 6.07) is 0.469. The molecule has 1 aromatic rings. The first kappa shape index (κ1) is 14.0. The fourth-order valence-electron chi connectivity index (χ4n) is 2.90. The van der Waals surface area contributed by atoms with Crippen molar-refractivity contribution in [1.29, 1.82) is 0 Å². The second-order valence-electron chi connectivity index (χ2n) is 5.26. The topological polar surface area (TPSA) is 45.2 Å². The maximum Gasteiger partial charge on any atom is 0.0798 e. The number of hydrogen-bond acceptors (Lipinski definition) is 4. The molecule has 1 aliphatic rings. The van der Waals surface area contributed by atoms with Crippen LogP contribution in [0.3, 0.4) is 0 Å². The van der Waals surface area contributed by atoms with Crippen molar-refractivity contribution in [3.05, 3.63) is 16.1 Å². The zero-order chi connectivity index (χ0) is 12.8. The van der Waals surface area contributed by atoms with Crippen molar-refractivity contribution >= 4 is 11.3 Å². The Hall–Kier alpha value is -0.450. The monoisotopic (exact) mass is 268 g/mol. The van der Waals surface area contributed by atoms with Gasteiger partial charge in [-0.1, -0.05) is 19.3 Å². The number of aryl methyl sites for hydroxylation is 1. The first-order chi connectivity index (χ1) is 8.81. The number of hydrogen-bond donors (Lipinski definition) is 2. The van der Waals surface area contributed by atoms with Crippen molar-refractivity contribution in [3.63, 3.8) is 0 Å². The highest BCUT2D eigenvalue weighted by Gasteiger charge is 2.23. The van der Waals surface area contributed by atoms with Crippen LogP contribution in [-0.2, 0) is 6.54 Å². The average Bonchev–Trinajstić information content (AvgIpc) is 2.81. The van der Waals surface area contributed by atoms with Crippen LogP contribution >= 0.6 is 11.3 Å². The molecule has 18 heavy (non-hydrogen) atoms. The standard InChI is InChI=1S/C14H24N2OS/c1-11-14(18-10-16-11)9-15-13(7-8-17)12-5-3-2-4-6-12/h10,12-13,15,17H,2-9H2,1H3/t13-/m1/s1. The Morgan fingerprint density at radius 1 is 1.44 bits per heavy atom. The zero-order valence-electron chi connectivity index (χ0n) is 11.2. The highest BCUT2D eigenvalue weighted by molar-refractivity contribution is 7.09. The Bertz CT molecular complexity index is 347.